The molecule has 0 atom stereocenters. The van der Waals surface area contributed by atoms with Gasteiger partial charge in [0, 0.05) is 10.2 Å². The van der Waals surface area contributed by atoms with Crippen LogP contribution in [0.4, 0.5) is 11.4 Å². The number of thiophene rings is 1. The van der Waals surface area contributed by atoms with Gasteiger partial charge in [-0.15, -0.1) is 11.3 Å². The lowest BCUT2D eigenvalue weighted by Crippen LogP contribution is -2.33. The van der Waals surface area contributed by atoms with Gasteiger partial charge in [-0.1, -0.05) is 34.1 Å². The second-order valence-electron chi connectivity index (χ2n) is 5.71. The second-order valence-corrected chi connectivity index (χ2v) is 7.58. The van der Waals surface area contributed by atoms with E-state index in [4.69, 9.17) is 0 Å². The van der Waals surface area contributed by atoms with Crippen molar-refractivity contribution in [2.75, 3.05) is 17.2 Å². The molecule has 0 aliphatic rings. The van der Waals surface area contributed by atoms with Crippen molar-refractivity contribution < 1.29 is 14.4 Å². The van der Waals surface area contributed by atoms with Crippen LogP contribution < -0.4 is 16.0 Å². The lowest BCUT2D eigenvalue weighted by molar-refractivity contribution is -0.115. The first-order valence-electron chi connectivity index (χ1n) is 8.30. The summed E-state index contributed by atoms with van der Waals surface area (Å²) in [6, 6.07) is 17.2. The highest BCUT2D eigenvalue weighted by Gasteiger charge is 2.15. The molecule has 0 aliphatic carbocycles. The highest BCUT2D eigenvalue weighted by molar-refractivity contribution is 9.10. The molecule has 28 heavy (non-hydrogen) atoms. The van der Waals surface area contributed by atoms with Crippen molar-refractivity contribution in [3.63, 3.8) is 0 Å². The predicted molar refractivity (Wildman–Crippen MR) is 114 cm³/mol. The Bertz CT molecular complexity index is 988. The number of carbonyl (C=O) groups excluding carboxylic acids is 3. The van der Waals surface area contributed by atoms with Crippen molar-refractivity contribution >= 4 is 56.4 Å². The number of rotatable bonds is 6. The average Bonchev–Trinajstić information content (AvgIpc) is 3.23. The molecule has 0 saturated heterocycles. The number of halogens is 1. The normalized spacial score (nSPS) is 10.2. The van der Waals surface area contributed by atoms with Crippen molar-refractivity contribution in [1.29, 1.82) is 0 Å². The summed E-state index contributed by atoms with van der Waals surface area (Å²) >= 11 is 4.64. The SMILES string of the molecule is O=C(CNC(=O)c1ccccc1NC(=O)c1cccs1)Nc1ccc(Br)cc1. The summed E-state index contributed by atoms with van der Waals surface area (Å²) in [5.74, 6) is -1.09. The van der Waals surface area contributed by atoms with Gasteiger partial charge >= 0.3 is 0 Å². The Balaban J connectivity index is 1.60. The summed E-state index contributed by atoms with van der Waals surface area (Å²) in [6.45, 7) is -0.192. The summed E-state index contributed by atoms with van der Waals surface area (Å²) in [7, 11) is 0. The first-order chi connectivity index (χ1) is 13.5. The van der Waals surface area contributed by atoms with Crippen LogP contribution in [0.15, 0.2) is 70.5 Å². The van der Waals surface area contributed by atoms with E-state index in [-0.39, 0.29) is 23.9 Å². The third kappa shape index (κ3) is 5.28. The maximum atomic E-state index is 12.5. The zero-order chi connectivity index (χ0) is 19.9. The molecule has 142 valence electrons. The standard InChI is InChI=1S/C20H16BrN3O3S/c21-13-7-9-14(10-8-13)23-18(25)12-22-19(26)15-4-1-2-5-16(15)24-20(27)17-6-3-11-28-17/h1-11H,12H2,(H,22,26)(H,23,25)(H,24,27). The minimum atomic E-state index is -0.451. The van der Waals surface area contributed by atoms with E-state index < -0.39 is 5.91 Å². The van der Waals surface area contributed by atoms with Crippen LogP contribution >= 0.6 is 27.3 Å². The number of carbonyl (C=O) groups is 3. The van der Waals surface area contributed by atoms with Crippen molar-refractivity contribution in [1.82, 2.24) is 5.32 Å². The molecule has 6 nitrogen and oxygen atoms in total. The third-order valence-electron chi connectivity index (χ3n) is 3.70. The van der Waals surface area contributed by atoms with Crippen LogP contribution in [-0.4, -0.2) is 24.3 Å². The Morgan fingerprint density at radius 1 is 0.857 bits per heavy atom. The summed E-state index contributed by atoms with van der Waals surface area (Å²) in [5.41, 5.74) is 1.29. The van der Waals surface area contributed by atoms with Gasteiger partial charge in [0.2, 0.25) is 5.91 Å². The monoisotopic (exact) mass is 457 g/mol. The Labute approximate surface area is 174 Å². The molecule has 3 rings (SSSR count). The number of hydrogen-bond donors (Lipinski definition) is 3. The first kappa shape index (κ1) is 19.8. The quantitative estimate of drug-likeness (QED) is 0.519. The first-order valence-corrected chi connectivity index (χ1v) is 9.97. The van der Waals surface area contributed by atoms with E-state index in [0.717, 1.165) is 4.47 Å². The van der Waals surface area contributed by atoms with Crippen molar-refractivity contribution in [2.45, 2.75) is 0 Å². The summed E-state index contributed by atoms with van der Waals surface area (Å²) in [5, 5.41) is 9.80. The van der Waals surface area contributed by atoms with Gasteiger partial charge in [0.1, 0.15) is 0 Å². The molecule has 0 fully saturated rings. The van der Waals surface area contributed by atoms with E-state index in [1.165, 1.54) is 11.3 Å². The third-order valence-corrected chi connectivity index (χ3v) is 5.10. The molecule has 8 heteroatoms. The molecule has 0 saturated carbocycles. The Hall–Kier alpha value is -2.97. The molecule has 1 aromatic heterocycles. The highest BCUT2D eigenvalue weighted by Crippen LogP contribution is 2.18. The number of anilines is 2. The van der Waals surface area contributed by atoms with Gasteiger partial charge in [0.15, 0.2) is 0 Å². The summed E-state index contributed by atoms with van der Waals surface area (Å²) in [6.07, 6.45) is 0. The number of para-hydroxylation sites is 1. The van der Waals surface area contributed by atoms with E-state index in [1.807, 2.05) is 0 Å². The van der Waals surface area contributed by atoms with Crippen LogP contribution in [0.3, 0.4) is 0 Å². The van der Waals surface area contributed by atoms with Crippen LogP contribution in [0.1, 0.15) is 20.0 Å². The van der Waals surface area contributed by atoms with Crippen LogP contribution in [0.25, 0.3) is 0 Å². The van der Waals surface area contributed by atoms with Crippen LogP contribution in [0.2, 0.25) is 0 Å². The molecule has 0 spiro atoms. The summed E-state index contributed by atoms with van der Waals surface area (Å²) in [4.78, 5) is 37.3. The molecule has 1 heterocycles. The number of amides is 3. The van der Waals surface area contributed by atoms with E-state index in [2.05, 4.69) is 31.9 Å². The Morgan fingerprint density at radius 2 is 1.61 bits per heavy atom. The maximum Gasteiger partial charge on any atom is 0.265 e. The molecule has 0 unspecified atom stereocenters. The van der Waals surface area contributed by atoms with Crippen LogP contribution in [0, 0.1) is 0 Å². The van der Waals surface area contributed by atoms with Crippen LogP contribution in [0.5, 0.6) is 0 Å². The number of benzene rings is 2. The molecular weight excluding hydrogens is 442 g/mol. The van der Waals surface area contributed by atoms with Gasteiger partial charge in [-0.05, 0) is 47.8 Å². The van der Waals surface area contributed by atoms with E-state index in [1.54, 1.807) is 66.0 Å². The van der Waals surface area contributed by atoms with Gasteiger partial charge in [-0.3, -0.25) is 14.4 Å². The van der Waals surface area contributed by atoms with E-state index >= 15 is 0 Å². The van der Waals surface area contributed by atoms with Gasteiger partial charge in [-0.2, -0.15) is 0 Å². The summed E-state index contributed by atoms with van der Waals surface area (Å²) < 4.78 is 0.903. The predicted octanol–water partition coefficient (Wildman–Crippen LogP) is 4.13. The minimum absolute atomic E-state index is 0.192. The van der Waals surface area contributed by atoms with Gasteiger partial charge in [0.25, 0.3) is 11.8 Å². The number of nitrogens with one attached hydrogen (secondary N) is 3. The molecule has 0 radical (unpaired) electrons. The fourth-order valence-corrected chi connectivity index (χ4v) is 3.26. The lowest BCUT2D eigenvalue weighted by atomic mass is 10.1. The van der Waals surface area contributed by atoms with Gasteiger partial charge < -0.3 is 16.0 Å². The van der Waals surface area contributed by atoms with Crippen LogP contribution in [-0.2, 0) is 4.79 Å². The zero-order valence-corrected chi connectivity index (χ0v) is 17.0. The second kappa shape index (κ2) is 9.29. The average molecular weight is 458 g/mol. The maximum absolute atomic E-state index is 12.5. The van der Waals surface area contributed by atoms with Gasteiger partial charge in [0.05, 0.1) is 22.7 Å². The molecule has 0 aliphatic heterocycles. The number of hydrogen-bond acceptors (Lipinski definition) is 4. The zero-order valence-electron chi connectivity index (χ0n) is 14.6. The molecule has 0 bridgehead atoms. The fraction of sp³-hybridized carbons (Fsp3) is 0.0500. The lowest BCUT2D eigenvalue weighted by Gasteiger charge is -2.11. The molecule has 2 aromatic carbocycles. The van der Waals surface area contributed by atoms with Crippen molar-refractivity contribution in [3.05, 3.63) is 81.0 Å². The molecule has 3 aromatic rings. The Morgan fingerprint density at radius 3 is 2.32 bits per heavy atom. The van der Waals surface area contributed by atoms with E-state index in [0.29, 0.717) is 16.3 Å². The molecular formula is C20H16BrN3O3S. The largest absolute Gasteiger partial charge is 0.343 e. The Kier molecular flexibility index (Phi) is 6.57. The fourth-order valence-electron chi connectivity index (χ4n) is 2.38. The topological polar surface area (TPSA) is 87.3 Å². The molecule has 3 amide bonds. The molecule has 3 N–H and O–H groups in total. The highest BCUT2D eigenvalue weighted by atomic mass is 79.9. The van der Waals surface area contributed by atoms with Gasteiger partial charge in [-0.25, -0.2) is 0 Å². The van der Waals surface area contributed by atoms with E-state index in [9.17, 15) is 14.4 Å². The van der Waals surface area contributed by atoms with Crippen molar-refractivity contribution in [2.24, 2.45) is 0 Å². The smallest absolute Gasteiger partial charge is 0.265 e. The van der Waals surface area contributed by atoms with Crippen molar-refractivity contribution in [3.8, 4) is 0 Å². The minimum Gasteiger partial charge on any atom is -0.343 e.